The minimum Gasteiger partial charge on any atom is -0.478 e. The Morgan fingerprint density at radius 3 is 2.71 bits per heavy atom. The summed E-state index contributed by atoms with van der Waals surface area (Å²) in [6.07, 6.45) is 1.39. The molecule has 0 aliphatic rings. The lowest BCUT2D eigenvalue weighted by molar-refractivity contribution is 0.0696. The van der Waals surface area contributed by atoms with Crippen LogP contribution in [-0.2, 0) is 15.8 Å². The van der Waals surface area contributed by atoms with Gasteiger partial charge in [-0.1, -0.05) is 19.1 Å². The van der Waals surface area contributed by atoms with Gasteiger partial charge in [-0.05, 0) is 36.5 Å². The van der Waals surface area contributed by atoms with Crippen molar-refractivity contribution >= 4 is 16.0 Å². The summed E-state index contributed by atoms with van der Waals surface area (Å²) in [6.45, 7) is 2.30. The van der Waals surface area contributed by atoms with Gasteiger partial charge in [0.05, 0.1) is 11.3 Å². The van der Waals surface area contributed by atoms with E-state index in [1.54, 1.807) is 6.07 Å². The van der Waals surface area contributed by atoms with E-state index in [1.165, 1.54) is 18.2 Å². The van der Waals surface area contributed by atoms with E-state index >= 15 is 0 Å². The van der Waals surface area contributed by atoms with E-state index in [4.69, 9.17) is 10.2 Å². The van der Waals surface area contributed by atoms with Crippen LogP contribution in [-0.4, -0.2) is 37.8 Å². The number of aromatic carboxylic acids is 1. The van der Waals surface area contributed by atoms with E-state index in [2.05, 4.69) is 4.72 Å². The molecule has 0 heterocycles. The van der Waals surface area contributed by atoms with Gasteiger partial charge in [0.15, 0.2) is 0 Å². The monoisotopic (exact) mass is 315 g/mol. The first-order valence-electron chi connectivity index (χ1n) is 6.74. The second kappa shape index (κ2) is 8.11. The molecular weight excluding hydrogens is 294 g/mol. The molecule has 1 unspecified atom stereocenters. The lowest BCUT2D eigenvalue weighted by atomic mass is 10.1. The largest absolute Gasteiger partial charge is 0.478 e. The van der Waals surface area contributed by atoms with Crippen molar-refractivity contribution in [3.8, 4) is 0 Å². The van der Waals surface area contributed by atoms with Crippen molar-refractivity contribution in [1.29, 1.82) is 0 Å². The van der Waals surface area contributed by atoms with Crippen LogP contribution in [0, 0.1) is 5.92 Å². The summed E-state index contributed by atoms with van der Waals surface area (Å²) in [5.74, 6) is -1.18. The number of carbonyl (C=O) groups is 1. The lowest BCUT2D eigenvalue weighted by Gasteiger charge is -2.09. The van der Waals surface area contributed by atoms with E-state index in [0.29, 0.717) is 18.5 Å². The van der Waals surface area contributed by atoms with Gasteiger partial charge in [-0.3, -0.25) is 0 Å². The van der Waals surface area contributed by atoms with Gasteiger partial charge in [0.1, 0.15) is 0 Å². The number of hydrogen-bond acceptors (Lipinski definition) is 4. The summed E-state index contributed by atoms with van der Waals surface area (Å²) in [5, 5.41) is 17.7. The van der Waals surface area contributed by atoms with Crippen molar-refractivity contribution in [1.82, 2.24) is 4.72 Å². The first-order chi connectivity index (χ1) is 9.84. The smallest absolute Gasteiger partial charge is 0.335 e. The lowest BCUT2D eigenvalue weighted by Crippen LogP contribution is -2.26. The molecule has 0 aromatic heterocycles. The Kier molecular flexibility index (Phi) is 6.80. The van der Waals surface area contributed by atoms with Crippen LogP contribution in [0.15, 0.2) is 24.3 Å². The number of rotatable bonds is 9. The zero-order chi connectivity index (χ0) is 15.9. The number of hydrogen-bond donors (Lipinski definition) is 3. The fourth-order valence-corrected chi connectivity index (χ4v) is 3.01. The van der Waals surface area contributed by atoms with Crippen LogP contribution < -0.4 is 4.72 Å². The van der Waals surface area contributed by atoms with Crippen LogP contribution in [0.25, 0.3) is 0 Å². The highest BCUT2D eigenvalue weighted by Gasteiger charge is 2.12. The van der Waals surface area contributed by atoms with E-state index in [0.717, 1.165) is 6.42 Å². The maximum atomic E-state index is 11.9. The first kappa shape index (κ1) is 17.6. The van der Waals surface area contributed by atoms with Crippen LogP contribution in [0.4, 0.5) is 0 Å². The van der Waals surface area contributed by atoms with Crippen LogP contribution >= 0.6 is 0 Å². The van der Waals surface area contributed by atoms with Crippen molar-refractivity contribution in [2.24, 2.45) is 5.92 Å². The fraction of sp³-hybridized carbons (Fsp3) is 0.500. The summed E-state index contributed by atoms with van der Waals surface area (Å²) in [6, 6.07) is 5.88. The van der Waals surface area contributed by atoms with Crippen LogP contribution in [0.3, 0.4) is 0 Å². The number of aliphatic hydroxyl groups is 1. The zero-order valence-electron chi connectivity index (χ0n) is 11.9. The molecule has 7 heteroatoms. The van der Waals surface area contributed by atoms with Crippen molar-refractivity contribution in [3.05, 3.63) is 35.4 Å². The Morgan fingerprint density at radius 1 is 1.38 bits per heavy atom. The highest BCUT2D eigenvalue weighted by atomic mass is 32.2. The molecule has 0 amide bonds. The van der Waals surface area contributed by atoms with Gasteiger partial charge in [0.25, 0.3) is 0 Å². The first-order valence-corrected chi connectivity index (χ1v) is 8.39. The molecule has 118 valence electrons. The Bertz CT molecular complexity index is 570. The quantitative estimate of drug-likeness (QED) is 0.594. The Balaban J connectivity index is 2.52. The topological polar surface area (TPSA) is 104 Å². The molecule has 1 aromatic carbocycles. The second-order valence-electron chi connectivity index (χ2n) is 5.09. The number of aliphatic hydroxyl groups excluding tert-OH is 1. The molecule has 1 aromatic rings. The second-order valence-corrected chi connectivity index (χ2v) is 6.90. The van der Waals surface area contributed by atoms with Crippen LogP contribution in [0.2, 0.25) is 0 Å². The van der Waals surface area contributed by atoms with Gasteiger partial charge >= 0.3 is 5.97 Å². The number of carboxylic acid groups (broad SMARTS) is 1. The minimum absolute atomic E-state index is 0.0690. The third kappa shape index (κ3) is 6.70. The SMILES string of the molecule is CC(CO)CCCNS(=O)(=O)Cc1cccc(C(=O)O)c1. The van der Waals surface area contributed by atoms with Gasteiger partial charge in [0.2, 0.25) is 10.0 Å². The summed E-state index contributed by atoms with van der Waals surface area (Å²) in [5.41, 5.74) is 0.505. The van der Waals surface area contributed by atoms with Gasteiger partial charge in [0, 0.05) is 13.2 Å². The average Bonchev–Trinajstić information content (AvgIpc) is 2.43. The molecule has 0 aliphatic heterocycles. The molecule has 21 heavy (non-hydrogen) atoms. The molecule has 0 bridgehead atoms. The number of benzene rings is 1. The standard InChI is InChI=1S/C14H21NO5S/c1-11(9-16)4-3-7-15-21(19,20)10-12-5-2-6-13(8-12)14(17)18/h2,5-6,8,11,15-16H,3-4,7,9-10H2,1H3,(H,17,18). The van der Waals surface area contributed by atoms with Gasteiger partial charge < -0.3 is 10.2 Å². The third-order valence-corrected chi connectivity index (χ3v) is 4.40. The Hall–Kier alpha value is -1.44. The van der Waals surface area contributed by atoms with E-state index < -0.39 is 16.0 Å². The molecular formula is C14H21NO5S. The number of sulfonamides is 1. The van der Waals surface area contributed by atoms with E-state index in [9.17, 15) is 13.2 Å². The summed E-state index contributed by atoms with van der Waals surface area (Å²) in [7, 11) is -3.49. The van der Waals surface area contributed by atoms with Crippen molar-refractivity contribution in [2.45, 2.75) is 25.5 Å². The third-order valence-electron chi connectivity index (χ3n) is 3.04. The molecule has 0 aliphatic carbocycles. The molecule has 0 spiro atoms. The van der Waals surface area contributed by atoms with Crippen molar-refractivity contribution in [2.75, 3.05) is 13.2 Å². The van der Waals surface area contributed by atoms with Crippen molar-refractivity contribution in [3.63, 3.8) is 0 Å². The number of carboxylic acids is 1. The fourth-order valence-electron chi connectivity index (χ4n) is 1.83. The maximum Gasteiger partial charge on any atom is 0.335 e. The minimum atomic E-state index is -3.49. The Morgan fingerprint density at radius 2 is 2.10 bits per heavy atom. The summed E-state index contributed by atoms with van der Waals surface area (Å²) < 4.78 is 26.3. The van der Waals surface area contributed by atoms with Gasteiger partial charge in [-0.25, -0.2) is 17.9 Å². The molecule has 1 atom stereocenters. The molecule has 0 saturated heterocycles. The zero-order valence-corrected chi connectivity index (χ0v) is 12.8. The molecule has 6 nitrogen and oxygen atoms in total. The van der Waals surface area contributed by atoms with Crippen LogP contribution in [0.1, 0.15) is 35.7 Å². The van der Waals surface area contributed by atoms with E-state index in [1.807, 2.05) is 6.92 Å². The molecule has 0 fully saturated rings. The molecule has 3 N–H and O–H groups in total. The number of nitrogens with one attached hydrogen (secondary N) is 1. The predicted octanol–water partition coefficient (Wildman–Crippen LogP) is 1.21. The predicted molar refractivity (Wildman–Crippen MR) is 79.5 cm³/mol. The van der Waals surface area contributed by atoms with Gasteiger partial charge in [-0.2, -0.15) is 0 Å². The summed E-state index contributed by atoms with van der Waals surface area (Å²) in [4.78, 5) is 10.8. The Labute approximate surface area is 124 Å². The highest BCUT2D eigenvalue weighted by Crippen LogP contribution is 2.09. The molecule has 0 radical (unpaired) electrons. The summed E-state index contributed by atoms with van der Waals surface area (Å²) >= 11 is 0. The van der Waals surface area contributed by atoms with Gasteiger partial charge in [-0.15, -0.1) is 0 Å². The van der Waals surface area contributed by atoms with Crippen molar-refractivity contribution < 1.29 is 23.4 Å². The van der Waals surface area contributed by atoms with Crippen LogP contribution in [0.5, 0.6) is 0 Å². The highest BCUT2D eigenvalue weighted by molar-refractivity contribution is 7.88. The maximum absolute atomic E-state index is 11.9. The molecule has 0 saturated carbocycles. The normalized spacial score (nSPS) is 13.0. The molecule has 1 rings (SSSR count). The van der Waals surface area contributed by atoms with E-state index in [-0.39, 0.29) is 23.8 Å². The average molecular weight is 315 g/mol.